The number of hydrogen-bond acceptors (Lipinski definition) is 2. The van der Waals surface area contributed by atoms with Gasteiger partial charge in [0.25, 0.3) is 0 Å². The Hall–Kier alpha value is -0.860. The minimum Gasteiger partial charge on any atom is -0.377 e. The zero-order valence-corrected chi connectivity index (χ0v) is 11.5. The van der Waals surface area contributed by atoms with E-state index in [1.165, 1.54) is 43.5 Å². The van der Waals surface area contributed by atoms with E-state index in [-0.39, 0.29) is 0 Å². The van der Waals surface area contributed by atoms with Crippen molar-refractivity contribution in [1.82, 2.24) is 5.32 Å². The minimum atomic E-state index is 0.754. The standard InChI is InChI=1S/C16H25NO/c1-2-14-5-7-16(8-6-14)13-18-11-9-15-4-3-10-17-12-15/h5-8,15,17H,2-4,9-13H2,1H3. The lowest BCUT2D eigenvalue weighted by Crippen LogP contribution is -2.30. The molecule has 2 heteroatoms. The summed E-state index contributed by atoms with van der Waals surface area (Å²) < 4.78 is 5.77. The third-order valence-corrected chi connectivity index (χ3v) is 3.77. The van der Waals surface area contributed by atoms with Crippen LogP contribution in [0.4, 0.5) is 0 Å². The summed E-state index contributed by atoms with van der Waals surface area (Å²) in [6.45, 7) is 6.20. The van der Waals surface area contributed by atoms with Gasteiger partial charge in [0.2, 0.25) is 0 Å². The van der Waals surface area contributed by atoms with Gasteiger partial charge >= 0.3 is 0 Å². The van der Waals surface area contributed by atoms with Crippen LogP contribution in [0.15, 0.2) is 24.3 Å². The van der Waals surface area contributed by atoms with Crippen LogP contribution in [0, 0.1) is 5.92 Å². The summed E-state index contributed by atoms with van der Waals surface area (Å²) in [5.41, 5.74) is 2.68. The molecule has 1 atom stereocenters. The molecule has 1 heterocycles. The van der Waals surface area contributed by atoms with Gasteiger partial charge in [-0.15, -0.1) is 0 Å². The Bertz CT molecular complexity index is 327. The van der Waals surface area contributed by atoms with Crippen molar-refractivity contribution < 1.29 is 4.74 Å². The fraction of sp³-hybridized carbons (Fsp3) is 0.625. The monoisotopic (exact) mass is 247 g/mol. The lowest BCUT2D eigenvalue weighted by molar-refractivity contribution is 0.103. The van der Waals surface area contributed by atoms with Crippen molar-refractivity contribution >= 4 is 0 Å². The van der Waals surface area contributed by atoms with Crippen molar-refractivity contribution in [2.45, 2.75) is 39.2 Å². The molecule has 1 aromatic carbocycles. The highest BCUT2D eigenvalue weighted by Crippen LogP contribution is 2.14. The van der Waals surface area contributed by atoms with E-state index in [9.17, 15) is 0 Å². The van der Waals surface area contributed by atoms with Crippen LogP contribution in [-0.2, 0) is 17.8 Å². The molecule has 0 bridgehead atoms. The molecule has 2 nitrogen and oxygen atoms in total. The van der Waals surface area contributed by atoms with Gasteiger partial charge in [0.05, 0.1) is 6.61 Å². The number of benzene rings is 1. The molecular weight excluding hydrogens is 222 g/mol. The van der Waals surface area contributed by atoms with E-state index < -0.39 is 0 Å². The topological polar surface area (TPSA) is 21.3 Å². The van der Waals surface area contributed by atoms with Crippen molar-refractivity contribution in [3.8, 4) is 0 Å². The van der Waals surface area contributed by atoms with Gasteiger partial charge in [0.15, 0.2) is 0 Å². The Morgan fingerprint density at radius 2 is 2.00 bits per heavy atom. The van der Waals surface area contributed by atoms with Crippen LogP contribution in [0.1, 0.15) is 37.3 Å². The van der Waals surface area contributed by atoms with Crippen LogP contribution in [0.3, 0.4) is 0 Å². The lowest BCUT2D eigenvalue weighted by atomic mass is 9.97. The van der Waals surface area contributed by atoms with Crippen LogP contribution >= 0.6 is 0 Å². The first-order valence-electron chi connectivity index (χ1n) is 7.24. The molecule has 1 fully saturated rings. The van der Waals surface area contributed by atoms with Crippen LogP contribution in [0.5, 0.6) is 0 Å². The van der Waals surface area contributed by atoms with Gasteiger partial charge < -0.3 is 10.1 Å². The Labute approximate surface area is 111 Å². The number of ether oxygens (including phenoxy) is 1. The highest BCUT2D eigenvalue weighted by Gasteiger charge is 2.12. The van der Waals surface area contributed by atoms with E-state index in [1.807, 2.05) is 0 Å². The van der Waals surface area contributed by atoms with Crippen molar-refractivity contribution in [3.63, 3.8) is 0 Å². The van der Waals surface area contributed by atoms with Crippen molar-refractivity contribution in [2.24, 2.45) is 5.92 Å². The van der Waals surface area contributed by atoms with Gasteiger partial charge in [0.1, 0.15) is 0 Å². The molecule has 1 aliphatic rings. The molecule has 0 saturated carbocycles. The van der Waals surface area contributed by atoms with E-state index in [2.05, 4.69) is 36.5 Å². The largest absolute Gasteiger partial charge is 0.377 e. The first-order chi connectivity index (χ1) is 8.88. The van der Waals surface area contributed by atoms with Crippen molar-refractivity contribution in [1.29, 1.82) is 0 Å². The Morgan fingerprint density at radius 1 is 1.22 bits per heavy atom. The molecule has 0 spiro atoms. The molecule has 100 valence electrons. The summed E-state index contributed by atoms with van der Waals surface area (Å²) in [6.07, 6.45) is 4.99. The molecule has 18 heavy (non-hydrogen) atoms. The molecule has 0 aliphatic carbocycles. The quantitative estimate of drug-likeness (QED) is 0.780. The second-order valence-corrected chi connectivity index (χ2v) is 5.22. The average Bonchev–Trinajstić information content (AvgIpc) is 2.45. The zero-order valence-electron chi connectivity index (χ0n) is 11.5. The zero-order chi connectivity index (χ0) is 12.6. The normalized spacial score (nSPS) is 19.9. The maximum Gasteiger partial charge on any atom is 0.0716 e. The van der Waals surface area contributed by atoms with Gasteiger partial charge in [-0.1, -0.05) is 31.2 Å². The van der Waals surface area contributed by atoms with Gasteiger partial charge in [-0.3, -0.25) is 0 Å². The number of piperidine rings is 1. The van der Waals surface area contributed by atoms with Gasteiger partial charge in [-0.25, -0.2) is 0 Å². The third-order valence-electron chi connectivity index (χ3n) is 3.77. The van der Waals surface area contributed by atoms with E-state index >= 15 is 0 Å². The highest BCUT2D eigenvalue weighted by molar-refractivity contribution is 5.21. The SMILES string of the molecule is CCc1ccc(COCCC2CCCNC2)cc1. The Balaban J connectivity index is 1.62. The summed E-state index contributed by atoms with van der Waals surface area (Å²) in [7, 11) is 0. The Kier molecular flexibility index (Phi) is 5.69. The summed E-state index contributed by atoms with van der Waals surface area (Å²) in [4.78, 5) is 0. The van der Waals surface area contributed by atoms with Gasteiger partial charge in [-0.2, -0.15) is 0 Å². The molecule has 1 aromatic rings. The number of aryl methyl sites for hydroxylation is 1. The maximum atomic E-state index is 5.77. The van der Waals surface area contributed by atoms with E-state index in [4.69, 9.17) is 4.74 Å². The highest BCUT2D eigenvalue weighted by atomic mass is 16.5. The van der Waals surface area contributed by atoms with Crippen molar-refractivity contribution in [2.75, 3.05) is 19.7 Å². The molecule has 0 amide bonds. The fourth-order valence-corrected chi connectivity index (χ4v) is 2.48. The first-order valence-corrected chi connectivity index (χ1v) is 7.24. The smallest absolute Gasteiger partial charge is 0.0716 e. The first kappa shape index (κ1) is 13.6. The Morgan fingerprint density at radius 3 is 2.67 bits per heavy atom. The van der Waals surface area contributed by atoms with E-state index in [1.54, 1.807) is 0 Å². The van der Waals surface area contributed by atoms with Crippen LogP contribution in [0.25, 0.3) is 0 Å². The van der Waals surface area contributed by atoms with E-state index in [0.29, 0.717) is 0 Å². The summed E-state index contributed by atoms with van der Waals surface area (Å²) in [5.74, 6) is 0.821. The second kappa shape index (κ2) is 7.55. The van der Waals surface area contributed by atoms with E-state index in [0.717, 1.165) is 25.6 Å². The fourth-order valence-electron chi connectivity index (χ4n) is 2.48. The minimum absolute atomic E-state index is 0.754. The molecule has 1 unspecified atom stereocenters. The molecule has 1 N–H and O–H groups in total. The lowest BCUT2D eigenvalue weighted by Gasteiger charge is -2.22. The molecule has 0 radical (unpaired) electrons. The number of hydrogen-bond donors (Lipinski definition) is 1. The van der Waals surface area contributed by atoms with Crippen molar-refractivity contribution in [3.05, 3.63) is 35.4 Å². The molecule has 2 rings (SSSR count). The predicted molar refractivity (Wildman–Crippen MR) is 75.7 cm³/mol. The second-order valence-electron chi connectivity index (χ2n) is 5.22. The third kappa shape index (κ3) is 4.43. The average molecular weight is 247 g/mol. The van der Waals surface area contributed by atoms with Gasteiger partial charge in [-0.05, 0) is 55.8 Å². The number of nitrogens with one attached hydrogen (secondary N) is 1. The van der Waals surface area contributed by atoms with Gasteiger partial charge in [0, 0.05) is 6.61 Å². The molecule has 1 saturated heterocycles. The number of rotatable bonds is 6. The maximum absolute atomic E-state index is 5.77. The summed E-state index contributed by atoms with van der Waals surface area (Å²) >= 11 is 0. The molecule has 0 aromatic heterocycles. The summed E-state index contributed by atoms with van der Waals surface area (Å²) in [5, 5.41) is 3.45. The molecule has 1 aliphatic heterocycles. The van der Waals surface area contributed by atoms with Crippen LogP contribution < -0.4 is 5.32 Å². The molecular formula is C16H25NO. The summed E-state index contributed by atoms with van der Waals surface area (Å²) in [6, 6.07) is 8.76. The van der Waals surface area contributed by atoms with Crippen LogP contribution in [-0.4, -0.2) is 19.7 Å². The van der Waals surface area contributed by atoms with Crippen LogP contribution in [0.2, 0.25) is 0 Å². The predicted octanol–water partition coefficient (Wildman–Crippen LogP) is 3.16.